The van der Waals surface area contributed by atoms with E-state index in [9.17, 15) is 9.59 Å². The first-order valence-corrected chi connectivity index (χ1v) is 9.62. The summed E-state index contributed by atoms with van der Waals surface area (Å²) in [7, 11) is 0. The highest BCUT2D eigenvalue weighted by atomic mass is 16.5. The molecule has 6 heteroatoms. The lowest BCUT2D eigenvalue weighted by molar-refractivity contribution is -0.122. The Morgan fingerprint density at radius 2 is 1.89 bits per heavy atom. The third-order valence-electron chi connectivity index (χ3n) is 4.57. The molecule has 0 unspecified atom stereocenters. The normalized spacial score (nSPS) is 13.0. The van der Waals surface area contributed by atoms with Gasteiger partial charge in [0.2, 0.25) is 5.91 Å². The number of rotatable bonds is 9. The van der Waals surface area contributed by atoms with Crippen molar-refractivity contribution in [2.45, 2.75) is 32.9 Å². The van der Waals surface area contributed by atoms with E-state index in [4.69, 9.17) is 9.47 Å². The van der Waals surface area contributed by atoms with Crippen molar-refractivity contribution in [3.8, 4) is 5.75 Å². The Morgan fingerprint density at radius 1 is 1.14 bits per heavy atom. The summed E-state index contributed by atoms with van der Waals surface area (Å²) in [5.74, 6) is 0.439. The van der Waals surface area contributed by atoms with Gasteiger partial charge >= 0.3 is 0 Å². The van der Waals surface area contributed by atoms with Gasteiger partial charge in [0.1, 0.15) is 5.75 Å². The van der Waals surface area contributed by atoms with E-state index in [0.717, 1.165) is 24.2 Å². The van der Waals surface area contributed by atoms with Crippen LogP contribution in [0.4, 0.5) is 5.69 Å². The maximum absolute atomic E-state index is 12.3. The summed E-state index contributed by atoms with van der Waals surface area (Å²) < 4.78 is 11.0. The number of carbonyl (C=O) groups is 2. The van der Waals surface area contributed by atoms with Gasteiger partial charge in [0.25, 0.3) is 5.91 Å². The summed E-state index contributed by atoms with van der Waals surface area (Å²) in [5.41, 5.74) is 2.83. The fraction of sp³-hybridized carbons (Fsp3) is 0.364. The van der Waals surface area contributed by atoms with Crippen LogP contribution in [0.3, 0.4) is 0 Å². The highest BCUT2D eigenvalue weighted by Gasteiger charge is 2.25. The molecular weight excluding hydrogens is 356 g/mol. The molecule has 28 heavy (non-hydrogen) atoms. The fourth-order valence-electron chi connectivity index (χ4n) is 3.09. The smallest absolute Gasteiger partial charge is 0.265 e. The summed E-state index contributed by atoms with van der Waals surface area (Å²) in [6.07, 6.45) is 1.21. The third kappa shape index (κ3) is 5.10. The fourth-order valence-corrected chi connectivity index (χ4v) is 3.09. The average Bonchev–Trinajstić information content (AvgIpc) is 2.72. The summed E-state index contributed by atoms with van der Waals surface area (Å²) in [4.78, 5) is 26.1. The van der Waals surface area contributed by atoms with Crippen LogP contribution in [-0.4, -0.2) is 31.6 Å². The van der Waals surface area contributed by atoms with Crippen molar-refractivity contribution in [3.05, 3.63) is 59.7 Å². The minimum atomic E-state index is -0.134. The Morgan fingerprint density at radius 3 is 2.71 bits per heavy atom. The van der Waals surface area contributed by atoms with E-state index in [1.807, 2.05) is 48.5 Å². The van der Waals surface area contributed by atoms with Crippen LogP contribution in [-0.2, 0) is 27.5 Å². The number of nitrogens with one attached hydrogen (secondary N) is 1. The quantitative estimate of drug-likeness (QED) is 0.677. The number of para-hydroxylation sites is 2. The first-order chi connectivity index (χ1) is 13.7. The minimum Gasteiger partial charge on any atom is -0.482 e. The number of hydrogen-bond acceptors (Lipinski definition) is 4. The van der Waals surface area contributed by atoms with Crippen molar-refractivity contribution >= 4 is 17.5 Å². The Labute approximate surface area is 165 Å². The third-order valence-corrected chi connectivity index (χ3v) is 4.57. The van der Waals surface area contributed by atoms with E-state index in [1.165, 1.54) is 0 Å². The van der Waals surface area contributed by atoms with Crippen molar-refractivity contribution in [1.82, 2.24) is 5.32 Å². The molecule has 0 saturated carbocycles. The molecule has 1 N–H and O–H groups in total. The molecule has 1 aliphatic heterocycles. The summed E-state index contributed by atoms with van der Waals surface area (Å²) >= 11 is 0. The lowest BCUT2D eigenvalue weighted by Gasteiger charge is -2.29. The van der Waals surface area contributed by atoms with Crippen molar-refractivity contribution in [1.29, 1.82) is 0 Å². The van der Waals surface area contributed by atoms with Gasteiger partial charge in [-0.1, -0.05) is 43.3 Å². The Balaban J connectivity index is 1.53. The second-order valence-corrected chi connectivity index (χ2v) is 6.65. The van der Waals surface area contributed by atoms with Crippen LogP contribution in [0.5, 0.6) is 5.75 Å². The van der Waals surface area contributed by atoms with Crippen LogP contribution in [0.15, 0.2) is 48.5 Å². The highest BCUT2D eigenvalue weighted by molar-refractivity contribution is 5.98. The van der Waals surface area contributed by atoms with Crippen LogP contribution >= 0.6 is 0 Å². The molecule has 1 heterocycles. The molecule has 0 aromatic heterocycles. The molecule has 0 spiro atoms. The van der Waals surface area contributed by atoms with Crippen LogP contribution in [0.1, 0.15) is 30.9 Å². The van der Waals surface area contributed by atoms with Gasteiger partial charge in [0.05, 0.1) is 12.3 Å². The van der Waals surface area contributed by atoms with Gasteiger partial charge < -0.3 is 19.7 Å². The standard InChI is InChI=1S/C22H26N2O4/c1-2-13-27-15-18-8-4-3-7-17(18)14-23-21(25)11-12-24-19-9-5-6-10-20(19)28-16-22(24)26/h3-10H,2,11-16H2,1H3,(H,23,25). The molecule has 0 aliphatic carbocycles. The Bertz CT molecular complexity index is 822. The lowest BCUT2D eigenvalue weighted by atomic mass is 10.1. The lowest BCUT2D eigenvalue weighted by Crippen LogP contribution is -2.41. The number of nitrogens with zero attached hydrogens (tertiary/aromatic N) is 1. The molecule has 1 aliphatic rings. The summed E-state index contributed by atoms with van der Waals surface area (Å²) in [6, 6.07) is 15.3. The van der Waals surface area contributed by atoms with Gasteiger partial charge in [-0.15, -0.1) is 0 Å². The van der Waals surface area contributed by atoms with Gasteiger partial charge in [0, 0.05) is 26.1 Å². The van der Waals surface area contributed by atoms with Crippen LogP contribution in [0.2, 0.25) is 0 Å². The zero-order valence-corrected chi connectivity index (χ0v) is 16.1. The maximum atomic E-state index is 12.3. The predicted molar refractivity (Wildman–Crippen MR) is 107 cm³/mol. The zero-order chi connectivity index (χ0) is 19.8. The second kappa shape index (κ2) is 9.90. The largest absolute Gasteiger partial charge is 0.482 e. The first kappa shape index (κ1) is 19.9. The van der Waals surface area contributed by atoms with Gasteiger partial charge in [0.15, 0.2) is 6.61 Å². The topological polar surface area (TPSA) is 67.9 Å². The summed E-state index contributed by atoms with van der Waals surface area (Å²) in [5, 5.41) is 2.94. The SMILES string of the molecule is CCCOCc1ccccc1CNC(=O)CCN1C(=O)COc2ccccc21. The molecule has 0 radical (unpaired) electrons. The molecule has 0 saturated heterocycles. The van der Waals surface area contributed by atoms with Gasteiger partial charge in [-0.05, 0) is 29.7 Å². The molecule has 148 valence electrons. The van der Waals surface area contributed by atoms with E-state index >= 15 is 0 Å². The predicted octanol–water partition coefficient (Wildman–Crippen LogP) is 3.05. The molecule has 3 rings (SSSR count). The van der Waals surface area contributed by atoms with Crippen LogP contribution in [0, 0.1) is 0 Å². The number of carbonyl (C=O) groups excluding carboxylic acids is 2. The van der Waals surface area contributed by atoms with Crippen LogP contribution in [0.25, 0.3) is 0 Å². The van der Waals surface area contributed by atoms with Crippen LogP contribution < -0.4 is 15.0 Å². The molecule has 0 bridgehead atoms. The maximum Gasteiger partial charge on any atom is 0.265 e. The number of amides is 2. The van der Waals surface area contributed by atoms with E-state index in [0.29, 0.717) is 31.1 Å². The minimum absolute atomic E-state index is 0.00374. The first-order valence-electron chi connectivity index (χ1n) is 9.62. The second-order valence-electron chi connectivity index (χ2n) is 6.65. The monoisotopic (exact) mass is 382 g/mol. The average molecular weight is 382 g/mol. The Kier molecular flexibility index (Phi) is 7.03. The molecule has 2 amide bonds. The van der Waals surface area contributed by atoms with E-state index in [1.54, 1.807) is 4.90 Å². The number of benzene rings is 2. The number of fused-ring (bicyclic) bond motifs is 1. The van der Waals surface area contributed by atoms with E-state index in [2.05, 4.69) is 12.2 Å². The molecule has 6 nitrogen and oxygen atoms in total. The molecule has 0 fully saturated rings. The molecule has 0 atom stereocenters. The van der Waals surface area contributed by atoms with Crippen molar-refractivity contribution in [3.63, 3.8) is 0 Å². The molecule has 2 aromatic carbocycles. The van der Waals surface area contributed by atoms with E-state index < -0.39 is 0 Å². The molecular formula is C22H26N2O4. The Hall–Kier alpha value is -2.86. The summed E-state index contributed by atoms with van der Waals surface area (Å²) in [6.45, 7) is 4.10. The van der Waals surface area contributed by atoms with Gasteiger partial charge in [-0.25, -0.2) is 0 Å². The van der Waals surface area contributed by atoms with Gasteiger partial charge in [-0.2, -0.15) is 0 Å². The van der Waals surface area contributed by atoms with E-state index in [-0.39, 0.29) is 24.8 Å². The number of hydrogen-bond donors (Lipinski definition) is 1. The zero-order valence-electron chi connectivity index (χ0n) is 16.1. The van der Waals surface area contributed by atoms with Crippen molar-refractivity contribution < 1.29 is 19.1 Å². The molecule has 2 aromatic rings. The number of anilines is 1. The van der Waals surface area contributed by atoms with Crippen molar-refractivity contribution in [2.75, 3.05) is 24.7 Å². The van der Waals surface area contributed by atoms with Gasteiger partial charge in [-0.3, -0.25) is 9.59 Å². The highest BCUT2D eigenvalue weighted by Crippen LogP contribution is 2.31. The van der Waals surface area contributed by atoms with Crippen molar-refractivity contribution in [2.24, 2.45) is 0 Å². The number of ether oxygens (including phenoxy) is 2.